The first-order valence-electron chi connectivity index (χ1n) is 5.58. The summed E-state index contributed by atoms with van der Waals surface area (Å²) in [6.07, 6.45) is -4.58. The average Bonchev–Trinajstić information content (AvgIpc) is 2.68. The molecule has 0 saturated carbocycles. The van der Waals surface area contributed by atoms with Crippen LogP contribution in [0.4, 0.5) is 10.2 Å². The largest absolute Gasteiger partial charge is 0.394 e. The predicted octanol–water partition coefficient (Wildman–Crippen LogP) is -1.06. The monoisotopic (exact) mass is 275 g/mol. The zero-order chi connectivity index (χ0) is 14.2. The standard InChI is InChI=1S/C10H14FN3O5/c1-4-2-14(10(17)12-8(4)13-18)9-6(11)7(16)5(3-15)19-9/h2,5-7,9,15-16,18H,3H2,1H3,(H,12,13,17)/t5-,6+,7-,9-/m0/s1. The summed E-state index contributed by atoms with van der Waals surface area (Å²) in [5.74, 6) is -0.0473. The van der Waals surface area contributed by atoms with Gasteiger partial charge in [0.1, 0.15) is 12.2 Å². The van der Waals surface area contributed by atoms with Crippen molar-refractivity contribution in [3.8, 4) is 0 Å². The molecule has 2 rings (SSSR count). The van der Waals surface area contributed by atoms with Gasteiger partial charge in [0.2, 0.25) is 0 Å². The molecular weight excluding hydrogens is 261 g/mol. The molecule has 1 fully saturated rings. The molecule has 4 atom stereocenters. The number of ether oxygens (including phenoxy) is 1. The van der Waals surface area contributed by atoms with Gasteiger partial charge in [-0.05, 0) is 6.92 Å². The van der Waals surface area contributed by atoms with Gasteiger partial charge in [0, 0.05) is 11.8 Å². The second-order valence-electron chi connectivity index (χ2n) is 4.26. The Hall–Kier alpha value is -1.55. The van der Waals surface area contributed by atoms with Gasteiger partial charge in [-0.1, -0.05) is 0 Å². The molecule has 1 aromatic rings. The predicted molar refractivity (Wildman–Crippen MR) is 60.5 cm³/mol. The lowest BCUT2D eigenvalue weighted by atomic mass is 10.1. The van der Waals surface area contributed by atoms with Crippen LogP contribution in [0.25, 0.3) is 0 Å². The summed E-state index contributed by atoms with van der Waals surface area (Å²) in [5.41, 5.74) is 1.29. The number of hydrogen-bond acceptors (Lipinski definition) is 7. The number of aliphatic hydroxyl groups is 2. The summed E-state index contributed by atoms with van der Waals surface area (Å²) in [4.78, 5) is 15.2. The van der Waals surface area contributed by atoms with Crippen LogP contribution in [0.5, 0.6) is 0 Å². The third-order valence-electron chi connectivity index (χ3n) is 2.99. The SMILES string of the molecule is Cc1cn([C@H]2O[C@@H](CO)[C@H](O)[C@H]2F)c(=O)nc1NO. The van der Waals surface area contributed by atoms with Gasteiger partial charge in [0.05, 0.1) is 6.61 Å². The van der Waals surface area contributed by atoms with Crippen LogP contribution in [0.15, 0.2) is 11.0 Å². The highest BCUT2D eigenvalue weighted by atomic mass is 19.1. The van der Waals surface area contributed by atoms with Crippen LogP contribution in [0, 0.1) is 6.92 Å². The normalized spacial score (nSPS) is 30.6. The van der Waals surface area contributed by atoms with Crippen molar-refractivity contribution in [3.05, 3.63) is 22.2 Å². The van der Waals surface area contributed by atoms with Crippen molar-refractivity contribution >= 4 is 5.82 Å². The van der Waals surface area contributed by atoms with E-state index in [-0.39, 0.29) is 5.82 Å². The molecule has 19 heavy (non-hydrogen) atoms. The van der Waals surface area contributed by atoms with Crippen molar-refractivity contribution in [2.45, 2.75) is 31.5 Å². The van der Waals surface area contributed by atoms with Crippen LogP contribution in [0.2, 0.25) is 0 Å². The molecule has 1 aliphatic heterocycles. The minimum Gasteiger partial charge on any atom is -0.394 e. The fraction of sp³-hybridized carbons (Fsp3) is 0.600. The summed E-state index contributed by atoms with van der Waals surface area (Å²) < 4.78 is 19.8. The maximum atomic E-state index is 13.9. The van der Waals surface area contributed by atoms with Crippen molar-refractivity contribution in [1.29, 1.82) is 0 Å². The van der Waals surface area contributed by atoms with E-state index >= 15 is 0 Å². The number of rotatable bonds is 3. The maximum absolute atomic E-state index is 13.9. The van der Waals surface area contributed by atoms with Gasteiger partial charge in [-0.25, -0.2) is 9.18 Å². The van der Waals surface area contributed by atoms with Crippen molar-refractivity contribution in [2.75, 3.05) is 12.1 Å². The molecule has 1 aliphatic rings. The van der Waals surface area contributed by atoms with E-state index in [2.05, 4.69) is 4.98 Å². The molecule has 0 amide bonds. The average molecular weight is 275 g/mol. The molecule has 1 saturated heterocycles. The lowest BCUT2D eigenvalue weighted by molar-refractivity contribution is -0.0491. The molecule has 0 aliphatic carbocycles. The molecule has 0 bridgehead atoms. The highest BCUT2D eigenvalue weighted by Gasteiger charge is 2.45. The van der Waals surface area contributed by atoms with Crippen LogP contribution in [-0.4, -0.2) is 50.0 Å². The number of nitrogens with one attached hydrogen (secondary N) is 1. The first kappa shape index (κ1) is 13.9. The third kappa shape index (κ3) is 2.32. The molecule has 0 unspecified atom stereocenters. The highest BCUT2D eigenvalue weighted by molar-refractivity contribution is 5.38. The van der Waals surface area contributed by atoms with Crippen LogP contribution < -0.4 is 11.2 Å². The summed E-state index contributed by atoms with van der Waals surface area (Å²) >= 11 is 0. The van der Waals surface area contributed by atoms with Crippen molar-refractivity contribution in [3.63, 3.8) is 0 Å². The van der Waals surface area contributed by atoms with Gasteiger partial charge >= 0.3 is 5.69 Å². The maximum Gasteiger partial charge on any atom is 0.351 e. The zero-order valence-corrected chi connectivity index (χ0v) is 10.0. The van der Waals surface area contributed by atoms with Gasteiger partial charge in [-0.3, -0.25) is 15.3 Å². The molecule has 8 nitrogen and oxygen atoms in total. The Morgan fingerprint density at radius 1 is 1.63 bits per heavy atom. The molecule has 4 N–H and O–H groups in total. The Morgan fingerprint density at radius 3 is 2.84 bits per heavy atom. The van der Waals surface area contributed by atoms with Gasteiger partial charge in [0.25, 0.3) is 0 Å². The first-order chi connectivity index (χ1) is 8.99. The number of hydrogen-bond donors (Lipinski definition) is 4. The fourth-order valence-electron chi connectivity index (χ4n) is 1.94. The molecule has 0 radical (unpaired) electrons. The molecule has 0 aromatic carbocycles. The van der Waals surface area contributed by atoms with Gasteiger partial charge in [0.15, 0.2) is 18.2 Å². The van der Waals surface area contributed by atoms with Gasteiger partial charge < -0.3 is 14.9 Å². The lowest BCUT2D eigenvalue weighted by Gasteiger charge is -2.17. The molecule has 1 aromatic heterocycles. The van der Waals surface area contributed by atoms with E-state index in [1.165, 1.54) is 6.20 Å². The van der Waals surface area contributed by atoms with E-state index < -0.39 is 36.9 Å². The van der Waals surface area contributed by atoms with Crippen molar-refractivity contribution < 1.29 is 24.5 Å². The Bertz CT molecular complexity index is 522. The number of nitrogens with zero attached hydrogens (tertiary/aromatic N) is 2. The number of aromatic nitrogens is 2. The van der Waals surface area contributed by atoms with Gasteiger partial charge in [-0.15, -0.1) is 0 Å². The molecule has 0 spiro atoms. The van der Waals surface area contributed by atoms with E-state index in [4.69, 9.17) is 15.1 Å². The van der Waals surface area contributed by atoms with Gasteiger partial charge in [-0.2, -0.15) is 4.98 Å². The Labute approximate surface area is 107 Å². The van der Waals surface area contributed by atoms with E-state index in [0.29, 0.717) is 5.56 Å². The first-order valence-corrected chi connectivity index (χ1v) is 5.58. The zero-order valence-electron chi connectivity index (χ0n) is 10.0. The lowest BCUT2D eigenvalue weighted by Crippen LogP contribution is -2.34. The molecule has 9 heteroatoms. The Balaban J connectivity index is 2.38. The fourth-order valence-corrected chi connectivity index (χ4v) is 1.94. The number of halogens is 1. The second-order valence-corrected chi connectivity index (χ2v) is 4.26. The van der Waals surface area contributed by atoms with Crippen molar-refractivity contribution in [1.82, 2.24) is 9.55 Å². The van der Waals surface area contributed by atoms with E-state index in [1.54, 1.807) is 12.4 Å². The Kier molecular flexibility index (Phi) is 3.80. The number of alkyl halides is 1. The van der Waals surface area contributed by atoms with E-state index in [1.807, 2.05) is 0 Å². The number of aryl methyl sites for hydroxylation is 1. The van der Waals surface area contributed by atoms with E-state index in [0.717, 1.165) is 4.57 Å². The molecule has 106 valence electrons. The minimum absolute atomic E-state index is 0.0473. The Morgan fingerprint density at radius 2 is 2.32 bits per heavy atom. The van der Waals surface area contributed by atoms with Crippen LogP contribution in [0.1, 0.15) is 11.8 Å². The number of anilines is 1. The van der Waals surface area contributed by atoms with Crippen LogP contribution in [0.3, 0.4) is 0 Å². The summed E-state index contributed by atoms with van der Waals surface area (Å²) in [7, 11) is 0. The topological polar surface area (TPSA) is 117 Å². The van der Waals surface area contributed by atoms with Crippen LogP contribution >= 0.6 is 0 Å². The second kappa shape index (κ2) is 5.21. The summed E-state index contributed by atoms with van der Waals surface area (Å²) in [5, 5.41) is 27.2. The molecular formula is C10H14FN3O5. The molecule has 2 heterocycles. The summed E-state index contributed by atoms with van der Waals surface area (Å²) in [6.45, 7) is 0.985. The summed E-state index contributed by atoms with van der Waals surface area (Å²) in [6, 6.07) is 0. The minimum atomic E-state index is -1.86. The van der Waals surface area contributed by atoms with Crippen molar-refractivity contribution in [2.24, 2.45) is 0 Å². The van der Waals surface area contributed by atoms with E-state index in [9.17, 15) is 14.3 Å². The number of aliphatic hydroxyl groups excluding tert-OH is 2. The third-order valence-corrected chi connectivity index (χ3v) is 2.99. The quantitative estimate of drug-likeness (QED) is 0.519. The highest BCUT2D eigenvalue weighted by Crippen LogP contribution is 2.31. The van der Waals surface area contributed by atoms with Crippen LogP contribution in [-0.2, 0) is 4.74 Å². The smallest absolute Gasteiger partial charge is 0.351 e.